The Hall–Kier alpha value is -2.40. The van der Waals surface area contributed by atoms with Gasteiger partial charge in [-0.2, -0.15) is 0 Å². The number of carboxylic acid groups (broad SMARTS) is 1. The van der Waals surface area contributed by atoms with Gasteiger partial charge < -0.3 is 9.67 Å². The lowest BCUT2D eigenvalue weighted by molar-refractivity contribution is 0.0697. The number of hydrogen-bond donors (Lipinski definition) is 1. The van der Waals surface area contributed by atoms with E-state index in [1.54, 1.807) is 29.8 Å². The minimum absolute atomic E-state index is 0.0495. The van der Waals surface area contributed by atoms with E-state index in [2.05, 4.69) is 4.90 Å². The third kappa shape index (κ3) is 3.74. The summed E-state index contributed by atoms with van der Waals surface area (Å²) in [6, 6.07) is 10.9. The van der Waals surface area contributed by atoms with Gasteiger partial charge in [-0.15, -0.1) is 0 Å². The first-order chi connectivity index (χ1) is 11.5. The first kappa shape index (κ1) is 16.5. The highest BCUT2D eigenvalue weighted by Gasteiger charge is 2.21. The Balaban J connectivity index is 1.57. The fraction of sp³-hybridized carbons (Fsp3) is 0.368. The van der Waals surface area contributed by atoms with Crippen molar-refractivity contribution < 1.29 is 9.90 Å². The summed E-state index contributed by atoms with van der Waals surface area (Å²) < 4.78 is 1.60. The number of aromatic nitrogens is 1. The molecule has 126 valence electrons. The summed E-state index contributed by atoms with van der Waals surface area (Å²) >= 11 is 0. The zero-order valence-corrected chi connectivity index (χ0v) is 13.8. The number of aryl methyl sites for hydroxylation is 1. The second-order valence-electron chi connectivity index (χ2n) is 6.46. The molecule has 1 saturated heterocycles. The Kier molecular flexibility index (Phi) is 4.81. The van der Waals surface area contributed by atoms with Crippen molar-refractivity contribution in [2.45, 2.75) is 25.3 Å². The van der Waals surface area contributed by atoms with Crippen LogP contribution in [0, 0.1) is 0 Å². The van der Waals surface area contributed by atoms with Crippen LogP contribution >= 0.6 is 0 Å². The number of hydrogen-bond acceptors (Lipinski definition) is 3. The highest BCUT2D eigenvalue weighted by Crippen LogP contribution is 2.27. The van der Waals surface area contributed by atoms with Crippen molar-refractivity contribution in [3.05, 3.63) is 69.6 Å². The Morgan fingerprint density at radius 2 is 1.83 bits per heavy atom. The molecule has 5 nitrogen and oxygen atoms in total. The van der Waals surface area contributed by atoms with Crippen LogP contribution in [0.25, 0.3) is 0 Å². The number of pyridine rings is 1. The molecule has 0 radical (unpaired) electrons. The summed E-state index contributed by atoms with van der Waals surface area (Å²) in [7, 11) is 1.77. The summed E-state index contributed by atoms with van der Waals surface area (Å²) in [5.74, 6) is -0.444. The number of rotatable bonds is 4. The Morgan fingerprint density at radius 1 is 1.17 bits per heavy atom. The van der Waals surface area contributed by atoms with Gasteiger partial charge in [0.2, 0.25) is 0 Å². The Labute approximate surface area is 141 Å². The van der Waals surface area contributed by atoms with Crippen LogP contribution in [0.1, 0.15) is 40.2 Å². The summed E-state index contributed by atoms with van der Waals surface area (Å²) in [6.07, 6.45) is 3.93. The average Bonchev–Trinajstić information content (AvgIpc) is 2.58. The minimum Gasteiger partial charge on any atom is -0.478 e. The van der Waals surface area contributed by atoms with Gasteiger partial charge in [0.15, 0.2) is 0 Å². The van der Waals surface area contributed by atoms with E-state index in [-0.39, 0.29) is 5.56 Å². The Bertz CT molecular complexity index is 772. The lowest BCUT2D eigenvalue weighted by Crippen LogP contribution is -2.32. The van der Waals surface area contributed by atoms with E-state index in [9.17, 15) is 9.59 Å². The van der Waals surface area contributed by atoms with Crippen LogP contribution < -0.4 is 5.56 Å². The molecule has 5 heteroatoms. The third-order valence-electron chi connectivity index (χ3n) is 4.79. The first-order valence-electron chi connectivity index (χ1n) is 8.24. The molecule has 0 saturated carbocycles. The van der Waals surface area contributed by atoms with Crippen molar-refractivity contribution in [1.82, 2.24) is 9.47 Å². The SMILES string of the molecule is Cn1ccc(C2CCN(Cc3ccc(C(=O)O)cc3)CC2)cc1=O. The number of nitrogens with zero attached hydrogens (tertiary/aromatic N) is 2. The van der Waals surface area contributed by atoms with Crippen LogP contribution in [0.15, 0.2) is 47.4 Å². The standard InChI is InChI=1S/C19H22N2O3/c1-20-9-6-17(12-18(20)22)15-7-10-21(11-8-15)13-14-2-4-16(5-3-14)19(23)24/h2-6,9,12,15H,7-8,10-11,13H2,1H3,(H,23,24). The second-order valence-corrected chi connectivity index (χ2v) is 6.46. The van der Waals surface area contributed by atoms with Gasteiger partial charge >= 0.3 is 5.97 Å². The largest absolute Gasteiger partial charge is 0.478 e. The van der Waals surface area contributed by atoms with Crippen molar-refractivity contribution in [1.29, 1.82) is 0 Å². The molecule has 1 aromatic heterocycles. The van der Waals surface area contributed by atoms with E-state index >= 15 is 0 Å². The molecule has 2 aromatic rings. The fourth-order valence-corrected chi connectivity index (χ4v) is 3.25. The summed E-state index contributed by atoms with van der Waals surface area (Å²) in [5, 5.41) is 8.94. The van der Waals surface area contributed by atoms with Crippen LogP contribution in [0.2, 0.25) is 0 Å². The molecule has 0 atom stereocenters. The molecule has 1 aromatic carbocycles. The van der Waals surface area contributed by atoms with Crippen LogP contribution in [0.3, 0.4) is 0 Å². The number of piperidine rings is 1. The molecule has 0 bridgehead atoms. The predicted octanol–water partition coefficient (Wildman–Crippen LogP) is 2.46. The van der Waals surface area contributed by atoms with Gasteiger partial charge in [0.25, 0.3) is 5.56 Å². The molecular formula is C19H22N2O3. The van der Waals surface area contributed by atoms with E-state index in [4.69, 9.17) is 5.11 Å². The minimum atomic E-state index is -0.892. The number of benzene rings is 1. The monoisotopic (exact) mass is 326 g/mol. The van der Waals surface area contributed by atoms with E-state index in [0.717, 1.165) is 43.6 Å². The average molecular weight is 326 g/mol. The molecule has 1 fully saturated rings. The summed E-state index contributed by atoms with van der Waals surface area (Å²) in [4.78, 5) is 25.0. The third-order valence-corrected chi connectivity index (χ3v) is 4.79. The maximum absolute atomic E-state index is 11.8. The predicted molar refractivity (Wildman–Crippen MR) is 92.3 cm³/mol. The zero-order chi connectivity index (χ0) is 17.1. The summed E-state index contributed by atoms with van der Waals surface area (Å²) in [5.41, 5.74) is 2.65. The van der Waals surface area contributed by atoms with Crippen LogP contribution in [-0.2, 0) is 13.6 Å². The van der Waals surface area contributed by atoms with Gasteiger partial charge in [0, 0.05) is 25.9 Å². The van der Waals surface area contributed by atoms with Gasteiger partial charge in [0.1, 0.15) is 0 Å². The fourth-order valence-electron chi connectivity index (χ4n) is 3.25. The quantitative estimate of drug-likeness (QED) is 0.937. The number of aromatic carboxylic acids is 1. The lowest BCUT2D eigenvalue weighted by Gasteiger charge is -2.32. The summed E-state index contributed by atoms with van der Waals surface area (Å²) in [6.45, 7) is 2.81. The molecule has 24 heavy (non-hydrogen) atoms. The lowest BCUT2D eigenvalue weighted by atomic mass is 9.90. The molecule has 0 aliphatic carbocycles. The zero-order valence-electron chi connectivity index (χ0n) is 13.8. The highest BCUT2D eigenvalue weighted by molar-refractivity contribution is 5.87. The van der Waals surface area contributed by atoms with E-state index < -0.39 is 5.97 Å². The second kappa shape index (κ2) is 7.01. The maximum atomic E-state index is 11.8. The van der Waals surface area contributed by atoms with Gasteiger partial charge in [0.05, 0.1) is 5.56 Å². The number of carbonyl (C=O) groups is 1. The molecule has 1 aliphatic rings. The van der Waals surface area contributed by atoms with Gasteiger partial charge in [-0.25, -0.2) is 4.79 Å². The molecule has 0 spiro atoms. The van der Waals surface area contributed by atoms with Gasteiger partial charge in [-0.3, -0.25) is 9.69 Å². The number of carboxylic acids is 1. The maximum Gasteiger partial charge on any atom is 0.335 e. The molecule has 0 amide bonds. The topological polar surface area (TPSA) is 62.5 Å². The Morgan fingerprint density at radius 3 is 2.42 bits per heavy atom. The van der Waals surface area contributed by atoms with Crippen molar-refractivity contribution in [2.24, 2.45) is 7.05 Å². The van der Waals surface area contributed by atoms with Crippen LogP contribution in [-0.4, -0.2) is 33.6 Å². The molecule has 1 N–H and O–H groups in total. The molecule has 1 aliphatic heterocycles. The van der Waals surface area contributed by atoms with Crippen molar-refractivity contribution in [2.75, 3.05) is 13.1 Å². The molecule has 2 heterocycles. The normalized spacial score (nSPS) is 16.2. The molecule has 3 rings (SSSR count). The van der Waals surface area contributed by atoms with Crippen LogP contribution in [0.5, 0.6) is 0 Å². The first-order valence-corrected chi connectivity index (χ1v) is 8.24. The van der Waals surface area contributed by atoms with Gasteiger partial charge in [-0.1, -0.05) is 12.1 Å². The molecular weight excluding hydrogens is 304 g/mol. The molecule has 0 unspecified atom stereocenters. The van der Waals surface area contributed by atoms with Crippen molar-refractivity contribution in [3.8, 4) is 0 Å². The van der Waals surface area contributed by atoms with E-state index in [0.29, 0.717) is 11.5 Å². The number of likely N-dealkylation sites (tertiary alicyclic amines) is 1. The van der Waals surface area contributed by atoms with Crippen molar-refractivity contribution in [3.63, 3.8) is 0 Å². The highest BCUT2D eigenvalue weighted by atomic mass is 16.4. The smallest absolute Gasteiger partial charge is 0.335 e. The van der Waals surface area contributed by atoms with E-state index in [1.165, 1.54) is 0 Å². The van der Waals surface area contributed by atoms with Crippen molar-refractivity contribution >= 4 is 5.97 Å². The van der Waals surface area contributed by atoms with E-state index in [1.807, 2.05) is 24.4 Å². The van der Waals surface area contributed by atoms with Crippen LogP contribution in [0.4, 0.5) is 0 Å². The van der Waals surface area contributed by atoms with Gasteiger partial charge in [-0.05, 0) is 61.2 Å².